The number of hydrogen-bond acceptors (Lipinski definition) is 2. The van der Waals surface area contributed by atoms with Crippen molar-refractivity contribution in [2.45, 2.75) is 3.26 Å². The maximum atomic E-state index is 7.98. The molecule has 1 atom stereocenters. The van der Waals surface area contributed by atoms with E-state index in [0.29, 0.717) is 0 Å². The summed E-state index contributed by atoms with van der Waals surface area (Å²) in [5.74, 6) is 2.39. The Balaban J connectivity index is 3.27. The van der Waals surface area contributed by atoms with Gasteiger partial charge in [-0.05, 0) is 11.8 Å². The van der Waals surface area contributed by atoms with Gasteiger partial charge in [-0.25, -0.2) is 0 Å². The molecule has 7 heavy (non-hydrogen) atoms. The lowest BCUT2D eigenvalue weighted by Crippen LogP contribution is -1.77. The van der Waals surface area contributed by atoms with Crippen molar-refractivity contribution in [3.05, 3.63) is 0 Å². The number of thioether (sulfide) groups is 1. The number of thiocyanates is 1. The van der Waals surface area contributed by atoms with Crippen LogP contribution in [0.1, 0.15) is 0 Å². The van der Waals surface area contributed by atoms with Crippen molar-refractivity contribution >= 4 is 34.4 Å². The van der Waals surface area contributed by atoms with Gasteiger partial charge in [0.05, 0.1) is 0 Å². The van der Waals surface area contributed by atoms with Crippen molar-refractivity contribution in [3.8, 4) is 17.7 Å². The fraction of sp³-hybridized carbons (Fsp3) is 0.250. The normalized spacial score (nSPS) is 11.3. The van der Waals surface area contributed by atoms with E-state index in [1.165, 1.54) is 0 Å². The van der Waals surface area contributed by atoms with Crippen LogP contribution in [0, 0.1) is 23.0 Å². The van der Waals surface area contributed by atoms with E-state index >= 15 is 0 Å². The predicted octanol–water partition coefficient (Wildman–Crippen LogP) is 1.59. The largest absolute Gasteiger partial charge is 0.185 e. The van der Waals surface area contributed by atoms with Crippen LogP contribution in [-0.2, 0) is 0 Å². The van der Waals surface area contributed by atoms with E-state index in [2.05, 4.69) is 5.92 Å². The minimum absolute atomic E-state index is 0.00241. The molecule has 36 valence electrons. The van der Waals surface area contributed by atoms with Gasteiger partial charge in [-0.15, -0.1) is 6.42 Å². The van der Waals surface area contributed by atoms with Crippen molar-refractivity contribution in [2.24, 2.45) is 0 Å². The third kappa shape index (κ3) is 3.97. The highest BCUT2D eigenvalue weighted by molar-refractivity contribution is 14.1. The molecule has 0 aromatic heterocycles. The fourth-order valence-corrected chi connectivity index (χ4v) is 0.582. The zero-order chi connectivity index (χ0) is 5.70. The number of nitrogens with zero attached hydrogens (tertiary/aromatic N) is 1. The molecule has 0 aliphatic rings. The molecular formula is C4H2INS. The molecular weight excluding hydrogens is 221 g/mol. The average Bonchev–Trinajstić information content (AvgIpc) is 1.68. The molecule has 0 aromatic carbocycles. The predicted molar refractivity (Wildman–Crippen MR) is 39.8 cm³/mol. The van der Waals surface area contributed by atoms with Crippen LogP contribution in [0.25, 0.3) is 0 Å². The maximum Gasteiger partial charge on any atom is 0.135 e. The Morgan fingerprint density at radius 3 is 2.57 bits per heavy atom. The average molecular weight is 223 g/mol. The molecule has 0 aliphatic carbocycles. The number of nitriles is 1. The first-order valence-corrected chi connectivity index (χ1v) is 3.58. The van der Waals surface area contributed by atoms with E-state index < -0.39 is 0 Å². The van der Waals surface area contributed by atoms with Crippen LogP contribution < -0.4 is 0 Å². The highest BCUT2D eigenvalue weighted by atomic mass is 127. The summed E-state index contributed by atoms with van der Waals surface area (Å²) < 4.78 is 0.00241. The lowest BCUT2D eigenvalue weighted by atomic mass is 10.8. The molecule has 0 aromatic rings. The highest BCUT2D eigenvalue weighted by Crippen LogP contribution is 2.13. The van der Waals surface area contributed by atoms with Gasteiger partial charge in [-0.3, -0.25) is 0 Å². The fourth-order valence-electron chi connectivity index (χ4n) is 0.0803. The molecule has 0 amide bonds. The Bertz CT molecular complexity index is 121. The van der Waals surface area contributed by atoms with Gasteiger partial charge in [-0.1, -0.05) is 28.5 Å². The van der Waals surface area contributed by atoms with Crippen LogP contribution in [0.2, 0.25) is 0 Å². The molecule has 3 heteroatoms. The zero-order valence-electron chi connectivity index (χ0n) is 3.39. The van der Waals surface area contributed by atoms with E-state index in [0.717, 1.165) is 11.8 Å². The van der Waals surface area contributed by atoms with E-state index in [1.807, 2.05) is 28.0 Å². The molecule has 0 rings (SSSR count). The van der Waals surface area contributed by atoms with E-state index in [-0.39, 0.29) is 3.26 Å². The van der Waals surface area contributed by atoms with Crippen LogP contribution in [0.3, 0.4) is 0 Å². The summed E-state index contributed by atoms with van der Waals surface area (Å²) in [6.07, 6.45) is 4.93. The van der Waals surface area contributed by atoms with Gasteiger partial charge in [0.1, 0.15) is 8.66 Å². The van der Waals surface area contributed by atoms with Crippen LogP contribution in [0.5, 0.6) is 0 Å². The summed E-state index contributed by atoms with van der Waals surface area (Å²) in [5, 5.41) is 9.87. The maximum absolute atomic E-state index is 7.98. The molecule has 0 saturated carbocycles. The van der Waals surface area contributed by atoms with Crippen molar-refractivity contribution in [3.63, 3.8) is 0 Å². The van der Waals surface area contributed by atoms with Gasteiger partial charge in [0.25, 0.3) is 0 Å². The van der Waals surface area contributed by atoms with Gasteiger partial charge in [-0.2, -0.15) is 5.26 Å². The van der Waals surface area contributed by atoms with Gasteiger partial charge in [0.15, 0.2) is 0 Å². The van der Waals surface area contributed by atoms with Crippen LogP contribution in [0.15, 0.2) is 0 Å². The second kappa shape index (κ2) is 4.29. The molecule has 0 aliphatic heterocycles. The van der Waals surface area contributed by atoms with E-state index in [4.69, 9.17) is 11.7 Å². The third-order valence-electron chi connectivity index (χ3n) is 0.287. The second-order valence-electron chi connectivity index (χ2n) is 0.692. The molecule has 1 nitrogen and oxygen atoms in total. The summed E-state index contributed by atoms with van der Waals surface area (Å²) in [4.78, 5) is 0. The Labute approximate surface area is 60.6 Å². The highest BCUT2D eigenvalue weighted by Gasteiger charge is 1.93. The first kappa shape index (κ1) is 7.13. The van der Waals surface area contributed by atoms with E-state index in [1.54, 1.807) is 0 Å². The van der Waals surface area contributed by atoms with Crippen LogP contribution in [-0.4, -0.2) is 3.26 Å². The van der Waals surface area contributed by atoms with Gasteiger partial charge in [0, 0.05) is 0 Å². The number of hydrogen-bond donors (Lipinski definition) is 0. The van der Waals surface area contributed by atoms with Crippen molar-refractivity contribution in [1.82, 2.24) is 0 Å². The number of halogens is 1. The number of rotatable bonds is 1. The number of terminal acetylenes is 1. The molecule has 0 spiro atoms. The molecule has 0 bridgehead atoms. The summed E-state index contributed by atoms with van der Waals surface area (Å²) in [5.41, 5.74) is 0. The summed E-state index contributed by atoms with van der Waals surface area (Å²) in [6, 6.07) is 0. The summed E-state index contributed by atoms with van der Waals surface area (Å²) in [7, 11) is 0. The summed E-state index contributed by atoms with van der Waals surface area (Å²) in [6.45, 7) is 0. The van der Waals surface area contributed by atoms with Gasteiger partial charge >= 0.3 is 0 Å². The minimum Gasteiger partial charge on any atom is -0.185 e. The second-order valence-corrected chi connectivity index (χ2v) is 3.67. The van der Waals surface area contributed by atoms with Crippen LogP contribution in [0.4, 0.5) is 0 Å². The lowest BCUT2D eigenvalue weighted by Gasteiger charge is -1.85. The molecule has 1 unspecified atom stereocenters. The van der Waals surface area contributed by atoms with Crippen molar-refractivity contribution in [2.75, 3.05) is 0 Å². The van der Waals surface area contributed by atoms with Gasteiger partial charge < -0.3 is 0 Å². The standard InChI is InChI=1S/C4H2INS/c1-2-4(5)7-3-6/h1,4H. The smallest absolute Gasteiger partial charge is 0.135 e. The third-order valence-corrected chi connectivity index (χ3v) is 1.86. The van der Waals surface area contributed by atoms with E-state index in [9.17, 15) is 0 Å². The molecule has 0 fully saturated rings. The topological polar surface area (TPSA) is 23.8 Å². The van der Waals surface area contributed by atoms with Crippen LogP contribution >= 0.6 is 34.4 Å². The zero-order valence-corrected chi connectivity index (χ0v) is 6.36. The van der Waals surface area contributed by atoms with Crippen molar-refractivity contribution < 1.29 is 0 Å². The molecule has 0 saturated heterocycles. The Kier molecular flexibility index (Phi) is 4.37. The number of alkyl halides is 1. The molecule has 0 radical (unpaired) electrons. The lowest BCUT2D eigenvalue weighted by molar-refractivity contribution is 1.57. The first-order chi connectivity index (χ1) is 3.31. The minimum atomic E-state index is 0.00241. The Morgan fingerprint density at radius 2 is 2.43 bits per heavy atom. The quantitative estimate of drug-likeness (QED) is 0.291. The SMILES string of the molecule is C#CC(I)SC#N. The summed E-state index contributed by atoms with van der Waals surface area (Å²) >= 11 is 3.10. The Hall–Kier alpha value is 0.130. The molecule has 0 N–H and O–H groups in total. The van der Waals surface area contributed by atoms with Gasteiger partial charge in [0.2, 0.25) is 0 Å². The molecule has 0 heterocycles. The first-order valence-electron chi connectivity index (χ1n) is 1.46. The Morgan fingerprint density at radius 1 is 1.86 bits per heavy atom. The van der Waals surface area contributed by atoms with Crippen molar-refractivity contribution in [1.29, 1.82) is 5.26 Å². The monoisotopic (exact) mass is 223 g/mol.